The van der Waals surface area contributed by atoms with Gasteiger partial charge in [0.15, 0.2) is 23.4 Å². The first kappa shape index (κ1) is 19.8. The summed E-state index contributed by atoms with van der Waals surface area (Å²) in [6.07, 6.45) is 2.36. The largest absolute Gasteiger partial charge is 0.507 e. The van der Waals surface area contributed by atoms with Gasteiger partial charge in [-0.25, -0.2) is 0 Å². The number of rotatable bonds is 2. The van der Waals surface area contributed by atoms with Crippen molar-refractivity contribution in [2.75, 3.05) is 14.2 Å². The molecule has 0 saturated heterocycles. The maximum atomic E-state index is 13.6. The van der Waals surface area contributed by atoms with Gasteiger partial charge in [0.05, 0.1) is 20.1 Å². The molecule has 0 spiro atoms. The molecule has 2 N–H and O–H groups in total. The van der Waals surface area contributed by atoms with Crippen molar-refractivity contribution in [1.29, 1.82) is 0 Å². The van der Waals surface area contributed by atoms with Gasteiger partial charge in [-0.05, 0) is 29.5 Å². The molecule has 0 amide bonds. The highest BCUT2D eigenvalue weighted by Crippen LogP contribution is 2.52. The molecule has 31 heavy (non-hydrogen) atoms. The fourth-order valence-electron chi connectivity index (χ4n) is 4.73. The Morgan fingerprint density at radius 2 is 1.81 bits per heavy atom. The zero-order valence-corrected chi connectivity index (χ0v) is 17.8. The third-order valence-electron chi connectivity index (χ3n) is 6.22. The van der Waals surface area contributed by atoms with E-state index < -0.39 is 18.3 Å². The van der Waals surface area contributed by atoms with Crippen LogP contribution in [0.25, 0.3) is 6.08 Å². The van der Waals surface area contributed by atoms with Crippen LogP contribution >= 0.6 is 0 Å². The number of fused-ring (bicyclic) bond motifs is 6. The van der Waals surface area contributed by atoms with Gasteiger partial charge in [0.25, 0.3) is 0 Å². The molecule has 5 rings (SSSR count). The van der Waals surface area contributed by atoms with Crippen molar-refractivity contribution in [2.45, 2.75) is 38.6 Å². The lowest BCUT2D eigenvalue weighted by atomic mass is 9.76. The highest BCUT2D eigenvalue weighted by atomic mass is 16.6. The third kappa shape index (κ3) is 2.87. The highest BCUT2D eigenvalue weighted by molar-refractivity contribution is 6.08. The Morgan fingerprint density at radius 3 is 2.52 bits per heavy atom. The fourth-order valence-corrected chi connectivity index (χ4v) is 4.73. The lowest BCUT2D eigenvalue weighted by Crippen LogP contribution is -2.49. The van der Waals surface area contributed by atoms with Crippen LogP contribution in [-0.2, 0) is 6.42 Å². The van der Waals surface area contributed by atoms with E-state index in [1.165, 1.54) is 14.2 Å². The van der Waals surface area contributed by atoms with Crippen LogP contribution in [0.4, 0.5) is 0 Å². The summed E-state index contributed by atoms with van der Waals surface area (Å²) in [6, 6.07) is 4.88. The second-order valence-electron chi connectivity index (χ2n) is 8.85. The summed E-state index contributed by atoms with van der Waals surface area (Å²) in [5.74, 6) is 0.135. The number of allylic oxidation sites excluding steroid dienone is 1. The topological polar surface area (TPSA) is 94.5 Å². The van der Waals surface area contributed by atoms with E-state index in [-0.39, 0.29) is 22.5 Å². The van der Waals surface area contributed by atoms with Crippen LogP contribution < -0.4 is 18.9 Å². The van der Waals surface area contributed by atoms with Crippen molar-refractivity contribution < 1.29 is 34.0 Å². The van der Waals surface area contributed by atoms with Crippen LogP contribution in [0.5, 0.6) is 28.7 Å². The minimum Gasteiger partial charge on any atom is -0.507 e. The van der Waals surface area contributed by atoms with Gasteiger partial charge in [-0.3, -0.25) is 4.79 Å². The number of carbonyl (C=O) groups excluding carboxylic acids is 1. The Bertz CT molecular complexity index is 1130. The molecule has 162 valence electrons. The maximum absolute atomic E-state index is 13.6. The number of phenolic OH excluding ortho intramolecular Hbond substituents is 1. The number of benzene rings is 2. The molecule has 0 fully saturated rings. The zero-order valence-electron chi connectivity index (χ0n) is 17.8. The average molecular weight is 424 g/mol. The van der Waals surface area contributed by atoms with E-state index in [0.29, 0.717) is 35.0 Å². The molecule has 0 radical (unpaired) electrons. The summed E-state index contributed by atoms with van der Waals surface area (Å²) in [5.41, 5.74) is 2.21. The summed E-state index contributed by atoms with van der Waals surface area (Å²) < 4.78 is 22.5. The minimum absolute atomic E-state index is 0.0725. The fraction of sp³-hybridized carbons (Fsp3) is 0.375. The van der Waals surface area contributed by atoms with Gasteiger partial charge in [-0.2, -0.15) is 0 Å². The molecule has 1 aliphatic carbocycles. The first-order chi connectivity index (χ1) is 14.7. The van der Waals surface area contributed by atoms with E-state index in [1.807, 2.05) is 6.08 Å². The van der Waals surface area contributed by atoms with Crippen LogP contribution in [0, 0.1) is 5.41 Å². The normalized spacial score (nSPS) is 24.7. The first-order valence-corrected chi connectivity index (χ1v) is 10.1. The molecule has 2 aromatic rings. The number of aliphatic hydroxyl groups excluding tert-OH is 1. The summed E-state index contributed by atoms with van der Waals surface area (Å²) in [5, 5.41) is 21.5. The first-order valence-electron chi connectivity index (χ1n) is 10.1. The van der Waals surface area contributed by atoms with Crippen LogP contribution in [0.3, 0.4) is 0 Å². The van der Waals surface area contributed by atoms with Crippen molar-refractivity contribution in [3.63, 3.8) is 0 Å². The Hall–Kier alpha value is -3.19. The molecule has 3 atom stereocenters. The molecular formula is C24H24O7. The van der Waals surface area contributed by atoms with Gasteiger partial charge in [-0.1, -0.05) is 26.0 Å². The Morgan fingerprint density at radius 1 is 1.10 bits per heavy atom. The molecule has 0 saturated carbocycles. The summed E-state index contributed by atoms with van der Waals surface area (Å²) in [6.45, 7) is 4.20. The van der Waals surface area contributed by atoms with Crippen LogP contribution in [0.2, 0.25) is 0 Å². The van der Waals surface area contributed by atoms with Gasteiger partial charge in [0.1, 0.15) is 22.8 Å². The molecule has 2 aromatic carbocycles. The van der Waals surface area contributed by atoms with Crippen LogP contribution in [-0.4, -0.2) is 42.6 Å². The molecule has 3 aliphatic rings. The van der Waals surface area contributed by atoms with Crippen molar-refractivity contribution >= 4 is 11.9 Å². The molecule has 2 aliphatic heterocycles. The summed E-state index contributed by atoms with van der Waals surface area (Å²) in [4.78, 5) is 13.6. The Labute approximate surface area is 179 Å². The van der Waals surface area contributed by atoms with Crippen molar-refractivity contribution in [3.05, 3.63) is 46.5 Å². The number of ketones is 1. The van der Waals surface area contributed by atoms with Crippen LogP contribution in [0.1, 0.15) is 46.8 Å². The lowest BCUT2D eigenvalue weighted by Gasteiger charge is -2.41. The number of ether oxygens (including phenoxy) is 4. The number of hydrogen-bond donors (Lipinski definition) is 2. The SMILES string of the molecule is COc1cc2c(cc1OC)C1C(=O)c3c(O)cc4c(c3OC1C(O)O2)C=CC(C)(C)C4. The molecule has 3 unspecified atom stereocenters. The van der Waals surface area contributed by atoms with Gasteiger partial charge < -0.3 is 29.2 Å². The third-order valence-corrected chi connectivity index (χ3v) is 6.22. The van der Waals surface area contributed by atoms with E-state index in [9.17, 15) is 15.0 Å². The molecule has 0 aromatic heterocycles. The monoisotopic (exact) mass is 424 g/mol. The number of aromatic hydroxyl groups is 1. The number of Topliss-reactive ketones (excluding diaryl/α,β-unsaturated/α-hetero) is 1. The number of aliphatic hydroxyl groups is 1. The number of hydrogen-bond acceptors (Lipinski definition) is 7. The minimum atomic E-state index is -1.37. The quantitative estimate of drug-likeness (QED) is 0.763. The number of phenols is 1. The zero-order chi connectivity index (χ0) is 22.1. The van der Waals surface area contributed by atoms with Gasteiger partial charge in [0.2, 0.25) is 6.29 Å². The lowest BCUT2D eigenvalue weighted by molar-refractivity contribution is -0.112. The van der Waals surface area contributed by atoms with Crippen molar-refractivity contribution in [2.24, 2.45) is 5.41 Å². The Kier molecular flexibility index (Phi) is 4.24. The summed E-state index contributed by atoms with van der Waals surface area (Å²) in [7, 11) is 2.99. The average Bonchev–Trinajstić information content (AvgIpc) is 2.72. The highest BCUT2D eigenvalue weighted by Gasteiger charge is 2.50. The van der Waals surface area contributed by atoms with E-state index in [2.05, 4.69) is 19.9 Å². The molecule has 0 bridgehead atoms. The van der Waals surface area contributed by atoms with Gasteiger partial charge in [-0.15, -0.1) is 0 Å². The summed E-state index contributed by atoms with van der Waals surface area (Å²) >= 11 is 0. The van der Waals surface area contributed by atoms with E-state index in [4.69, 9.17) is 18.9 Å². The molecule has 7 nitrogen and oxygen atoms in total. The molecule has 2 heterocycles. The Balaban J connectivity index is 1.68. The molecular weight excluding hydrogens is 400 g/mol. The standard InChI is InChI=1S/C24H24O7/c1-24(2)6-5-12-11(10-24)7-14(25)19-20(26)18-13-8-16(28-3)17(29-4)9-15(13)30-23(27)22(18)31-21(12)19/h5-9,18,22-23,25,27H,10H2,1-4H3. The predicted octanol–water partition coefficient (Wildman–Crippen LogP) is 3.44. The second kappa shape index (κ2) is 6.65. The maximum Gasteiger partial charge on any atom is 0.235 e. The van der Waals surface area contributed by atoms with Gasteiger partial charge in [0, 0.05) is 17.2 Å². The number of methoxy groups -OCH3 is 2. The molecule has 7 heteroatoms. The van der Waals surface area contributed by atoms with E-state index in [0.717, 1.165) is 11.1 Å². The second-order valence-corrected chi connectivity index (χ2v) is 8.85. The smallest absolute Gasteiger partial charge is 0.235 e. The van der Waals surface area contributed by atoms with E-state index in [1.54, 1.807) is 18.2 Å². The van der Waals surface area contributed by atoms with Crippen LogP contribution in [0.15, 0.2) is 24.3 Å². The van der Waals surface area contributed by atoms with Crippen molar-refractivity contribution in [3.8, 4) is 28.7 Å². The van der Waals surface area contributed by atoms with Gasteiger partial charge >= 0.3 is 0 Å². The van der Waals surface area contributed by atoms with Crippen molar-refractivity contribution in [1.82, 2.24) is 0 Å². The van der Waals surface area contributed by atoms with E-state index >= 15 is 0 Å². The number of carbonyl (C=O) groups is 1. The predicted molar refractivity (Wildman–Crippen MR) is 112 cm³/mol.